The highest BCUT2D eigenvalue weighted by Crippen LogP contribution is 2.16. The second-order valence-corrected chi connectivity index (χ2v) is 4.71. The Morgan fingerprint density at radius 3 is 2.95 bits per heavy atom. The molecule has 0 bridgehead atoms. The van der Waals surface area contributed by atoms with E-state index in [4.69, 9.17) is 11.6 Å². The van der Waals surface area contributed by atoms with Gasteiger partial charge in [-0.2, -0.15) is 0 Å². The first-order valence-electron chi connectivity index (χ1n) is 6.14. The van der Waals surface area contributed by atoms with Gasteiger partial charge in [0.25, 0.3) is 0 Å². The standard InChI is InChI=1S/C14H13ClN4/c15-7-5-12-10-19(18-17-12)9-11-6-8-16-14-4-2-1-3-13(11)14/h1-4,6,8,10H,5,7,9H2. The Kier molecular flexibility index (Phi) is 3.42. The lowest BCUT2D eigenvalue weighted by Gasteiger charge is -2.05. The molecule has 0 saturated heterocycles. The van der Waals surface area contributed by atoms with E-state index in [1.165, 1.54) is 5.56 Å². The average Bonchev–Trinajstić information content (AvgIpc) is 2.87. The van der Waals surface area contributed by atoms with Crippen LogP contribution in [0.1, 0.15) is 11.3 Å². The van der Waals surface area contributed by atoms with E-state index in [0.29, 0.717) is 12.4 Å². The lowest BCUT2D eigenvalue weighted by molar-refractivity contribution is 0.651. The van der Waals surface area contributed by atoms with Crippen molar-refractivity contribution in [2.45, 2.75) is 13.0 Å². The predicted molar refractivity (Wildman–Crippen MR) is 75.3 cm³/mol. The van der Waals surface area contributed by atoms with Gasteiger partial charge in [-0.15, -0.1) is 16.7 Å². The second-order valence-electron chi connectivity index (χ2n) is 4.33. The molecule has 0 amide bonds. The number of benzene rings is 1. The summed E-state index contributed by atoms with van der Waals surface area (Å²) in [5, 5.41) is 9.37. The number of nitrogens with zero attached hydrogens (tertiary/aromatic N) is 4. The molecule has 0 fully saturated rings. The Labute approximate surface area is 116 Å². The van der Waals surface area contributed by atoms with Crippen molar-refractivity contribution in [3.8, 4) is 0 Å². The first-order chi connectivity index (χ1) is 9.36. The minimum atomic E-state index is 0.566. The van der Waals surface area contributed by atoms with E-state index < -0.39 is 0 Å². The van der Waals surface area contributed by atoms with E-state index >= 15 is 0 Å². The van der Waals surface area contributed by atoms with Crippen molar-refractivity contribution in [1.29, 1.82) is 0 Å². The summed E-state index contributed by atoms with van der Waals surface area (Å²) in [6.45, 7) is 0.693. The van der Waals surface area contributed by atoms with Crippen molar-refractivity contribution in [2.24, 2.45) is 0 Å². The van der Waals surface area contributed by atoms with E-state index in [2.05, 4.69) is 21.4 Å². The van der Waals surface area contributed by atoms with Gasteiger partial charge in [0.15, 0.2) is 0 Å². The van der Waals surface area contributed by atoms with Crippen LogP contribution >= 0.6 is 11.6 Å². The molecule has 96 valence electrons. The van der Waals surface area contributed by atoms with Crippen molar-refractivity contribution in [3.05, 3.63) is 54.0 Å². The lowest BCUT2D eigenvalue weighted by atomic mass is 10.1. The molecule has 3 rings (SSSR count). The zero-order valence-electron chi connectivity index (χ0n) is 10.3. The fourth-order valence-electron chi connectivity index (χ4n) is 2.09. The van der Waals surface area contributed by atoms with Crippen LogP contribution in [0, 0.1) is 0 Å². The number of alkyl halides is 1. The van der Waals surface area contributed by atoms with Crippen molar-refractivity contribution < 1.29 is 0 Å². The molecule has 0 spiro atoms. The number of rotatable bonds is 4. The SMILES string of the molecule is ClCCc1cn(Cc2ccnc3ccccc23)nn1. The Morgan fingerprint density at radius 2 is 2.05 bits per heavy atom. The molecule has 1 aromatic carbocycles. The molecule has 0 saturated carbocycles. The van der Waals surface area contributed by atoms with Crippen molar-refractivity contribution in [2.75, 3.05) is 5.88 Å². The average molecular weight is 273 g/mol. The number of aromatic nitrogens is 4. The molecule has 0 atom stereocenters. The summed E-state index contributed by atoms with van der Waals surface area (Å²) < 4.78 is 1.84. The van der Waals surface area contributed by atoms with E-state index in [0.717, 1.165) is 23.0 Å². The quantitative estimate of drug-likeness (QED) is 0.686. The van der Waals surface area contributed by atoms with Crippen molar-refractivity contribution in [3.63, 3.8) is 0 Å². The summed E-state index contributed by atoms with van der Waals surface area (Å²) in [6.07, 6.45) is 4.52. The Bertz CT molecular complexity index is 687. The summed E-state index contributed by atoms with van der Waals surface area (Å²) in [6, 6.07) is 10.1. The molecule has 0 N–H and O–H groups in total. The van der Waals surface area contributed by atoms with Crippen LogP contribution < -0.4 is 0 Å². The zero-order valence-corrected chi connectivity index (χ0v) is 11.1. The highest BCUT2D eigenvalue weighted by Gasteiger charge is 2.04. The number of pyridine rings is 1. The second kappa shape index (κ2) is 5.36. The van der Waals surface area contributed by atoms with Gasteiger partial charge in [-0.3, -0.25) is 4.98 Å². The minimum absolute atomic E-state index is 0.566. The monoisotopic (exact) mass is 272 g/mol. The molecule has 5 heteroatoms. The number of halogens is 1. The molecular formula is C14H13ClN4. The first kappa shape index (κ1) is 12.1. The van der Waals surface area contributed by atoms with Crippen LogP contribution in [-0.4, -0.2) is 25.9 Å². The van der Waals surface area contributed by atoms with Gasteiger partial charge in [-0.1, -0.05) is 23.4 Å². The molecule has 0 aliphatic rings. The Balaban J connectivity index is 1.92. The largest absolute Gasteiger partial charge is 0.256 e. The maximum atomic E-state index is 5.70. The smallest absolute Gasteiger partial charge is 0.0839 e. The zero-order chi connectivity index (χ0) is 13.1. The summed E-state index contributed by atoms with van der Waals surface area (Å²) in [4.78, 5) is 4.36. The Hall–Kier alpha value is -1.94. The van der Waals surface area contributed by atoms with E-state index in [1.807, 2.05) is 41.3 Å². The third-order valence-electron chi connectivity index (χ3n) is 3.01. The summed E-state index contributed by atoms with van der Waals surface area (Å²) in [5.41, 5.74) is 3.11. The fraction of sp³-hybridized carbons (Fsp3) is 0.214. The number of fused-ring (bicyclic) bond motifs is 1. The van der Waals surface area contributed by atoms with Gasteiger partial charge in [0.2, 0.25) is 0 Å². The summed E-state index contributed by atoms with van der Waals surface area (Å²) >= 11 is 5.70. The van der Waals surface area contributed by atoms with Gasteiger partial charge in [0.05, 0.1) is 17.8 Å². The van der Waals surface area contributed by atoms with Crippen molar-refractivity contribution in [1.82, 2.24) is 20.0 Å². The maximum absolute atomic E-state index is 5.70. The van der Waals surface area contributed by atoms with Crippen molar-refractivity contribution >= 4 is 22.5 Å². The summed E-state index contributed by atoms with van der Waals surface area (Å²) in [7, 11) is 0. The van der Waals surface area contributed by atoms with Crippen LogP contribution in [0.25, 0.3) is 10.9 Å². The van der Waals surface area contributed by atoms with Gasteiger partial charge in [-0.25, -0.2) is 4.68 Å². The number of hydrogen-bond acceptors (Lipinski definition) is 3. The Morgan fingerprint density at radius 1 is 1.16 bits per heavy atom. The molecule has 4 nitrogen and oxygen atoms in total. The molecular weight excluding hydrogens is 260 g/mol. The van der Waals surface area contributed by atoms with E-state index in [-0.39, 0.29) is 0 Å². The van der Waals surface area contributed by atoms with Gasteiger partial charge in [0, 0.05) is 30.1 Å². The first-order valence-corrected chi connectivity index (χ1v) is 6.68. The van der Waals surface area contributed by atoms with Gasteiger partial charge < -0.3 is 0 Å². The molecule has 2 aromatic heterocycles. The van der Waals surface area contributed by atoms with Gasteiger partial charge in [0.1, 0.15) is 0 Å². The molecule has 0 radical (unpaired) electrons. The maximum Gasteiger partial charge on any atom is 0.0839 e. The molecule has 0 aliphatic carbocycles. The molecule has 3 aromatic rings. The minimum Gasteiger partial charge on any atom is -0.256 e. The van der Waals surface area contributed by atoms with Crippen LogP contribution in [0.2, 0.25) is 0 Å². The molecule has 0 aliphatic heterocycles. The van der Waals surface area contributed by atoms with Gasteiger partial charge in [-0.05, 0) is 17.7 Å². The molecule has 19 heavy (non-hydrogen) atoms. The van der Waals surface area contributed by atoms with Crippen LogP contribution in [0.5, 0.6) is 0 Å². The fourth-order valence-corrected chi connectivity index (χ4v) is 2.29. The predicted octanol–water partition coefficient (Wildman–Crippen LogP) is 2.66. The number of aryl methyl sites for hydroxylation is 1. The topological polar surface area (TPSA) is 43.6 Å². The van der Waals surface area contributed by atoms with Crippen LogP contribution in [0.4, 0.5) is 0 Å². The van der Waals surface area contributed by atoms with Crippen LogP contribution in [-0.2, 0) is 13.0 Å². The van der Waals surface area contributed by atoms with E-state index in [9.17, 15) is 0 Å². The normalized spacial score (nSPS) is 11.0. The number of hydrogen-bond donors (Lipinski definition) is 0. The highest BCUT2D eigenvalue weighted by atomic mass is 35.5. The molecule has 0 unspecified atom stereocenters. The summed E-state index contributed by atoms with van der Waals surface area (Å²) in [5.74, 6) is 0.566. The van der Waals surface area contributed by atoms with Gasteiger partial charge >= 0.3 is 0 Å². The van der Waals surface area contributed by atoms with Crippen LogP contribution in [0.15, 0.2) is 42.7 Å². The lowest BCUT2D eigenvalue weighted by Crippen LogP contribution is -2.01. The molecule has 2 heterocycles. The third kappa shape index (κ3) is 2.58. The van der Waals surface area contributed by atoms with E-state index in [1.54, 1.807) is 0 Å². The third-order valence-corrected chi connectivity index (χ3v) is 3.20. The van der Waals surface area contributed by atoms with Crippen LogP contribution in [0.3, 0.4) is 0 Å². The number of para-hydroxylation sites is 1. The highest BCUT2D eigenvalue weighted by molar-refractivity contribution is 6.17.